The maximum Gasteiger partial charge on any atom is 0.320 e. The van der Waals surface area contributed by atoms with Gasteiger partial charge in [-0.1, -0.05) is 157 Å². The highest BCUT2D eigenvalue weighted by atomic mass is 16.6. The van der Waals surface area contributed by atoms with Crippen LogP contribution in [0, 0.1) is 17.8 Å². The highest BCUT2D eigenvalue weighted by molar-refractivity contribution is 5.94. The van der Waals surface area contributed by atoms with Gasteiger partial charge in [-0.25, -0.2) is 0 Å². The molecule has 4 heteroatoms. The SMILES string of the molecule is CCCCCCCCCCCC(C(=O)OCCCCCCCC(C)C)C(=O)OCCCCCCCC(C)C. The highest BCUT2D eigenvalue weighted by Crippen LogP contribution is 2.18. The van der Waals surface area contributed by atoms with Crippen molar-refractivity contribution in [3.63, 3.8) is 0 Å². The van der Waals surface area contributed by atoms with E-state index in [0.717, 1.165) is 50.4 Å². The Kier molecular flexibility index (Phi) is 26.7. The Morgan fingerprint density at radius 3 is 1.13 bits per heavy atom. The minimum Gasteiger partial charge on any atom is -0.465 e. The fraction of sp³-hybridized carbons (Fsp3) is 0.941. The van der Waals surface area contributed by atoms with E-state index in [0.29, 0.717) is 19.6 Å². The summed E-state index contributed by atoms with van der Waals surface area (Å²) in [4.78, 5) is 25.6. The second kappa shape index (κ2) is 27.5. The molecule has 0 aromatic heterocycles. The monoisotopic (exact) mass is 538 g/mol. The minimum atomic E-state index is -0.753. The Bertz CT molecular complexity index is 493. The van der Waals surface area contributed by atoms with E-state index >= 15 is 0 Å². The van der Waals surface area contributed by atoms with E-state index in [1.54, 1.807) is 0 Å². The second-order valence-electron chi connectivity index (χ2n) is 12.4. The number of rotatable bonds is 28. The number of ether oxygens (including phenoxy) is 2. The van der Waals surface area contributed by atoms with Crippen molar-refractivity contribution in [3.8, 4) is 0 Å². The second-order valence-corrected chi connectivity index (χ2v) is 12.4. The molecule has 0 saturated heterocycles. The predicted molar refractivity (Wildman–Crippen MR) is 162 cm³/mol. The van der Waals surface area contributed by atoms with Crippen LogP contribution < -0.4 is 0 Å². The van der Waals surface area contributed by atoms with Gasteiger partial charge in [0, 0.05) is 0 Å². The van der Waals surface area contributed by atoms with Crippen LogP contribution in [0.3, 0.4) is 0 Å². The fourth-order valence-electron chi connectivity index (χ4n) is 4.91. The lowest BCUT2D eigenvalue weighted by Crippen LogP contribution is -2.28. The van der Waals surface area contributed by atoms with Crippen LogP contribution >= 0.6 is 0 Å². The molecule has 0 saturated carbocycles. The molecule has 0 unspecified atom stereocenters. The first-order valence-corrected chi connectivity index (χ1v) is 16.7. The Balaban J connectivity index is 4.28. The Morgan fingerprint density at radius 1 is 0.447 bits per heavy atom. The van der Waals surface area contributed by atoms with Gasteiger partial charge in [-0.15, -0.1) is 0 Å². The number of hydrogen-bond donors (Lipinski definition) is 0. The average molecular weight is 539 g/mol. The molecule has 0 aromatic carbocycles. The Labute approximate surface area is 237 Å². The van der Waals surface area contributed by atoms with Gasteiger partial charge >= 0.3 is 11.9 Å². The minimum absolute atomic E-state index is 0.372. The maximum absolute atomic E-state index is 12.8. The zero-order valence-electron chi connectivity index (χ0n) is 26.3. The summed E-state index contributed by atoms with van der Waals surface area (Å²) in [6.45, 7) is 12.2. The van der Waals surface area contributed by atoms with Crippen molar-refractivity contribution in [2.45, 2.75) is 176 Å². The van der Waals surface area contributed by atoms with Crippen LogP contribution in [0.1, 0.15) is 176 Å². The van der Waals surface area contributed by atoms with Gasteiger partial charge in [-0.3, -0.25) is 9.59 Å². The van der Waals surface area contributed by atoms with Gasteiger partial charge in [0.15, 0.2) is 5.92 Å². The molecule has 4 nitrogen and oxygen atoms in total. The van der Waals surface area contributed by atoms with Crippen molar-refractivity contribution in [1.29, 1.82) is 0 Å². The topological polar surface area (TPSA) is 52.6 Å². The van der Waals surface area contributed by atoms with Crippen LogP contribution in [0.5, 0.6) is 0 Å². The van der Waals surface area contributed by atoms with Crippen molar-refractivity contribution >= 4 is 11.9 Å². The normalized spacial score (nSPS) is 11.6. The Hall–Kier alpha value is -1.06. The Morgan fingerprint density at radius 2 is 0.763 bits per heavy atom. The van der Waals surface area contributed by atoms with Crippen LogP contribution in [0.25, 0.3) is 0 Å². The molecule has 226 valence electrons. The van der Waals surface area contributed by atoms with Crippen LogP contribution in [-0.2, 0) is 19.1 Å². The first-order valence-electron chi connectivity index (χ1n) is 16.7. The summed E-state index contributed by atoms with van der Waals surface area (Å²) in [5.41, 5.74) is 0. The van der Waals surface area contributed by atoms with Crippen LogP contribution in [0.4, 0.5) is 0 Å². The zero-order valence-corrected chi connectivity index (χ0v) is 26.3. The van der Waals surface area contributed by atoms with E-state index in [2.05, 4.69) is 34.6 Å². The maximum atomic E-state index is 12.8. The number of carbonyl (C=O) groups excluding carboxylic acids is 2. The average Bonchev–Trinajstić information content (AvgIpc) is 2.87. The van der Waals surface area contributed by atoms with E-state index in [9.17, 15) is 9.59 Å². The summed E-state index contributed by atoms with van der Waals surface area (Å²) in [7, 11) is 0. The van der Waals surface area contributed by atoms with Gasteiger partial charge < -0.3 is 9.47 Å². The smallest absolute Gasteiger partial charge is 0.320 e. The van der Waals surface area contributed by atoms with Crippen molar-refractivity contribution in [3.05, 3.63) is 0 Å². The number of hydrogen-bond acceptors (Lipinski definition) is 4. The number of esters is 2. The van der Waals surface area contributed by atoms with E-state index < -0.39 is 5.92 Å². The molecule has 0 N–H and O–H groups in total. The van der Waals surface area contributed by atoms with Gasteiger partial charge in [-0.05, 0) is 31.1 Å². The van der Waals surface area contributed by atoms with E-state index in [4.69, 9.17) is 9.47 Å². The lowest BCUT2D eigenvalue weighted by molar-refractivity contribution is -0.162. The number of unbranched alkanes of at least 4 members (excludes halogenated alkanes) is 16. The quantitative estimate of drug-likeness (QED) is 0.0564. The molecule has 38 heavy (non-hydrogen) atoms. The standard InChI is InChI=1S/C34H66O4/c1-6-7-8-9-10-11-12-17-22-27-32(33(35)37-28-23-18-13-15-20-25-30(2)3)34(36)38-29-24-19-14-16-21-26-31(4)5/h30-32H,6-29H2,1-5H3. The van der Waals surface area contributed by atoms with Crippen LogP contribution in [-0.4, -0.2) is 25.2 Å². The molecule has 0 heterocycles. The summed E-state index contributed by atoms with van der Waals surface area (Å²) < 4.78 is 11.1. The molecule has 0 spiro atoms. The first-order chi connectivity index (χ1) is 18.4. The molecule has 0 aliphatic carbocycles. The van der Waals surface area contributed by atoms with Gasteiger partial charge in [-0.2, -0.15) is 0 Å². The summed E-state index contributed by atoms with van der Waals surface area (Å²) in [5, 5.41) is 0. The van der Waals surface area contributed by atoms with Gasteiger partial charge in [0.05, 0.1) is 13.2 Å². The molecule has 0 aliphatic heterocycles. The summed E-state index contributed by atoms with van der Waals surface area (Å²) in [5.74, 6) is 0.0454. The zero-order chi connectivity index (χ0) is 28.3. The molecular weight excluding hydrogens is 472 g/mol. The van der Waals surface area contributed by atoms with Crippen molar-refractivity contribution < 1.29 is 19.1 Å². The largest absolute Gasteiger partial charge is 0.465 e. The highest BCUT2D eigenvalue weighted by Gasteiger charge is 2.29. The van der Waals surface area contributed by atoms with Crippen LogP contribution in [0.15, 0.2) is 0 Å². The van der Waals surface area contributed by atoms with E-state index in [-0.39, 0.29) is 11.9 Å². The van der Waals surface area contributed by atoms with Crippen molar-refractivity contribution in [1.82, 2.24) is 0 Å². The lowest BCUT2D eigenvalue weighted by atomic mass is 10.00. The molecule has 0 bridgehead atoms. The predicted octanol–water partition coefficient (Wildman–Crippen LogP) is 10.6. The van der Waals surface area contributed by atoms with Crippen molar-refractivity contribution in [2.75, 3.05) is 13.2 Å². The third-order valence-corrected chi connectivity index (χ3v) is 7.51. The molecule has 0 aromatic rings. The third kappa shape index (κ3) is 25.2. The molecule has 0 aliphatic rings. The molecule has 0 atom stereocenters. The van der Waals surface area contributed by atoms with Crippen LogP contribution in [0.2, 0.25) is 0 Å². The lowest BCUT2D eigenvalue weighted by Gasteiger charge is -2.16. The molecule has 0 rings (SSSR count). The van der Waals surface area contributed by atoms with Gasteiger partial charge in [0.2, 0.25) is 0 Å². The number of carbonyl (C=O) groups is 2. The summed E-state index contributed by atoms with van der Waals surface area (Å²) in [6.07, 6.45) is 25.4. The summed E-state index contributed by atoms with van der Waals surface area (Å²) in [6, 6.07) is 0. The fourth-order valence-corrected chi connectivity index (χ4v) is 4.91. The molecular formula is C34H66O4. The summed E-state index contributed by atoms with van der Waals surface area (Å²) >= 11 is 0. The molecule has 0 fully saturated rings. The molecule has 0 radical (unpaired) electrons. The van der Waals surface area contributed by atoms with Gasteiger partial charge in [0.1, 0.15) is 0 Å². The van der Waals surface area contributed by atoms with E-state index in [1.807, 2.05) is 0 Å². The first kappa shape index (κ1) is 36.9. The van der Waals surface area contributed by atoms with Gasteiger partial charge in [0.25, 0.3) is 0 Å². The van der Waals surface area contributed by atoms with Crippen molar-refractivity contribution in [2.24, 2.45) is 17.8 Å². The molecule has 0 amide bonds. The third-order valence-electron chi connectivity index (χ3n) is 7.51. The van der Waals surface area contributed by atoms with E-state index in [1.165, 1.54) is 96.3 Å².